The minimum atomic E-state index is 0.119. The third-order valence-electron chi connectivity index (χ3n) is 4.99. The van der Waals surface area contributed by atoms with Gasteiger partial charge in [-0.2, -0.15) is 5.10 Å². The van der Waals surface area contributed by atoms with Crippen LogP contribution in [0, 0.1) is 27.7 Å². The lowest BCUT2D eigenvalue weighted by Gasteiger charge is -2.17. The molecule has 0 aliphatic heterocycles. The summed E-state index contributed by atoms with van der Waals surface area (Å²) >= 11 is 1.58. The molecule has 0 radical (unpaired) electrons. The summed E-state index contributed by atoms with van der Waals surface area (Å²) in [5, 5.41) is 4.73. The lowest BCUT2D eigenvalue weighted by Crippen LogP contribution is -2.28. The number of para-hydroxylation sites is 1. The molecule has 0 spiro atoms. The summed E-state index contributed by atoms with van der Waals surface area (Å²) in [5.74, 6) is 0.553. The predicted octanol–water partition coefficient (Wildman–Crippen LogP) is 4.86. The Kier molecular flexibility index (Phi) is 6.25. The van der Waals surface area contributed by atoms with Gasteiger partial charge in [-0.15, -0.1) is 11.8 Å². The van der Waals surface area contributed by atoms with Crippen molar-refractivity contribution in [3.8, 4) is 5.69 Å². The topological polar surface area (TPSA) is 38.1 Å². The number of hydrogen-bond donors (Lipinski definition) is 0. The van der Waals surface area contributed by atoms with E-state index in [4.69, 9.17) is 5.10 Å². The Labute approximate surface area is 171 Å². The van der Waals surface area contributed by atoms with Crippen LogP contribution in [0.5, 0.6) is 0 Å². The van der Waals surface area contributed by atoms with Crippen molar-refractivity contribution in [3.63, 3.8) is 0 Å². The first-order valence-corrected chi connectivity index (χ1v) is 10.4. The maximum absolute atomic E-state index is 12.6. The smallest absolute Gasteiger partial charge is 0.232 e. The summed E-state index contributed by atoms with van der Waals surface area (Å²) in [6.45, 7) is 8.80. The van der Waals surface area contributed by atoms with E-state index in [9.17, 15) is 4.79 Å². The molecule has 4 nitrogen and oxygen atoms in total. The van der Waals surface area contributed by atoms with E-state index in [1.165, 1.54) is 11.1 Å². The summed E-state index contributed by atoms with van der Waals surface area (Å²) in [7, 11) is 1.86. The molecule has 0 fully saturated rings. The molecule has 28 heavy (non-hydrogen) atoms. The molecule has 0 saturated heterocycles. The van der Waals surface area contributed by atoms with Gasteiger partial charge in [0, 0.05) is 29.7 Å². The molecule has 146 valence electrons. The number of carbonyl (C=O) groups is 1. The molecule has 1 amide bonds. The van der Waals surface area contributed by atoms with Crippen molar-refractivity contribution in [2.45, 2.75) is 39.1 Å². The molecule has 0 unspecified atom stereocenters. The number of hydrogen-bond acceptors (Lipinski definition) is 3. The van der Waals surface area contributed by atoms with Crippen LogP contribution in [0.25, 0.3) is 5.69 Å². The molecule has 0 bridgehead atoms. The first-order valence-electron chi connectivity index (χ1n) is 9.41. The SMILES string of the molecule is Cc1ccc(SCC(=O)N(C)Cc2c(C)nn(-c3ccccc3C)c2C)cc1. The molecule has 0 aliphatic carbocycles. The normalized spacial score (nSPS) is 10.9. The summed E-state index contributed by atoms with van der Waals surface area (Å²) in [6.07, 6.45) is 0. The maximum atomic E-state index is 12.6. The minimum absolute atomic E-state index is 0.119. The Morgan fingerprint density at radius 3 is 2.39 bits per heavy atom. The average Bonchev–Trinajstić information content (AvgIpc) is 2.95. The van der Waals surface area contributed by atoms with Crippen molar-refractivity contribution >= 4 is 17.7 Å². The highest BCUT2D eigenvalue weighted by molar-refractivity contribution is 8.00. The third-order valence-corrected chi connectivity index (χ3v) is 5.99. The fourth-order valence-electron chi connectivity index (χ4n) is 3.15. The van der Waals surface area contributed by atoms with E-state index in [0.29, 0.717) is 12.3 Å². The van der Waals surface area contributed by atoms with Gasteiger partial charge in [0.25, 0.3) is 0 Å². The zero-order chi connectivity index (χ0) is 20.3. The van der Waals surface area contributed by atoms with Gasteiger partial charge >= 0.3 is 0 Å². The van der Waals surface area contributed by atoms with E-state index >= 15 is 0 Å². The number of amides is 1. The minimum Gasteiger partial charge on any atom is -0.341 e. The second kappa shape index (κ2) is 8.65. The Morgan fingerprint density at radius 1 is 1.04 bits per heavy atom. The van der Waals surface area contributed by atoms with E-state index in [1.54, 1.807) is 16.7 Å². The second-order valence-corrected chi connectivity index (χ2v) is 8.25. The molecule has 1 aromatic heterocycles. The summed E-state index contributed by atoms with van der Waals surface area (Å²) in [5.41, 5.74) is 6.64. The van der Waals surface area contributed by atoms with E-state index in [0.717, 1.165) is 27.5 Å². The number of carbonyl (C=O) groups excluding carboxylic acids is 1. The Balaban J connectivity index is 1.70. The van der Waals surface area contributed by atoms with Crippen LogP contribution in [-0.2, 0) is 11.3 Å². The van der Waals surface area contributed by atoms with E-state index in [2.05, 4.69) is 57.2 Å². The van der Waals surface area contributed by atoms with Crippen molar-refractivity contribution in [1.82, 2.24) is 14.7 Å². The highest BCUT2D eigenvalue weighted by atomic mass is 32.2. The van der Waals surface area contributed by atoms with Gasteiger partial charge < -0.3 is 4.90 Å². The van der Waals surface area contributed by atoms with Crippen LogP contribution in [0.1, 0.15) is 28.1 Å². The number of aryl methyl sites for hydroxylation is 3. The standard InChI is InChI=1S/C23H27N3OS/c1-16-10-12-20(13-11-16)28-15-23(27)25(5)14-21-18(3)24-26(19(21)4)22-9-7-6-8-17(22)2/h6-13H,14-15H2,1-5H3. The largest absolute Gasteiger partial charge is 0.341 e. The van der Waals surface area contributed by atoms with Gasteiger partial charge in [0.05, 0.1) is 17.1 Å². The first-order chi connectivity index (χ1) is 13.4. The zero-order valence-corrected chi connectivity index (χ0v) is 18.0. The van der Waals surface area contributed by atoms with Gasteiger partial charge in [0.2, 0.25) is 5.91 Å². The highest BCUT2D eigenvalue weighted by Crippen LogP contribution is 2.23. The third kappa shape index (κ3) is 4.47. The summed E-state index contributed by atoms with van der Waals surface area (Å²) in [6, 6.07) is 16.5. The maximum Gasteiger partial charge on any atom is 0.232 e. The molecule has 1 heterocycles. The Morgan fingerprint density at radius 2 is 1.71 bits per heavy atom. The van der Waals surface area contributed by atoms with Crippen LogP contribution in [-0.4, -0.2) is 33.4 Å². The van der Waals surface area contributed by atoms with E-state index < -0.39 is 0 Å². The van der Waals surface area contributed by atoms with E-state index in [1.807, 2.05) is 30.8 Å². The molecular weight excluding hydrogens is 366 g/mol. The van der Waals surface area contributed by atoms with Gasteiger partial charge in [0.15, 0.2) is 0 Å². The van der Waals surface area contributed by atoms with Gasteiger partial charge in [-0.1, -0.05) is 35.9 Å². The van der Waals surface area contributed by atoms with Crippen molar-refractivity contribution in [2.24, 2.45) is 0 Å². The van der Waals surface area contributed by atoms with Gasteiger partial charge in [-0.3, -0.25) is 4.79 Å². The Hall–Kier alpha value is -2.53. The fraction of sp³-hybridized carbons (Fsp3) is 0.304. The number of thioether (sulfide) groups is 1. The quantitative estimate of drug-likeness (QED) is 0.562. The number of nitrogens with zero attached hydrogens (tertiary/aromatic N) is 3. The van der Waals surface area contributed by atoms with Crippen LogP contribution in [0.4, 0.5) is 0 Å². The fourth-order valence-corrected chi connectivity index (χ4v) is 3.99. The van der Waals surface area contributed by atoms with Crippen molar-refractivity contribution in [2.75, 3.05) is 12.8 Å². The molecule has 0 atom stereocenters. The van der Waals surface area contributed by atoms with E-state index in [-0.39, 0.29) is 5.91 Å². The first kappa shape index (κ1) is 20.2. The second-order valence-electron chi connectivity index (χ2n) is 7.20. The Bertz CT molecular complexity index is 976. The van der Waals surface area contributed by atoms with Crippen LogP contribution in [0.3, 0.4) is 0 Å². The van der Waals surface area contributed by atoms with Crippen LogP contribution >= 0.6 is 11.8 Å². The van der Waals surface area contributed by atoms with Crippen molar-refractivity contribution in [1.29, 1.82) is 0 Å². The van der Waals surface area contributed by atoms with Crippen molar-refractivity contribution < 1.29 is 4.79 Å². The van der Waals surface area contributed by atoms with Gasteiger partial charge in [-0.25, -0.2) is 4.68 Å². The number of aromatic nitrogens is 2. The number of benzene rings is 2. The molecule has 0 aliphatic rings. The lowest BCUT2D eigenvalue weighted by atomic mass is 10.1. The molecule has 3 aromatic rings. The summed E-state index contributed by atoms with van der Waals surface area (Å²) < 4.78 is 1.99. The van der Waals surface area contributed by atoms with Crippen LogP contribution in [0.15, 0.2) is 53.4 Å². The van der Waals surface area contributed by atoms with Gasteiger partial charge in [-0.05, 0) is 51.5 Å². The van der Waals surface area contributed by atoms with Gasteiger partial charge in [0.1, 0.15) is 0 Å². The molecule has 3 rings (SSSR count). The highest BCUT2D eigenvalue weighted by Gasteiger charge is 2.18. The average molecular weight is 394 g/mol. The number of rotatable bonds is 6. The van der Waals surface area contributed by atoms with Crippen LogP contribution < -0.4 is 0 Å². The zero-order valence-electron chi connectivity index (χ0n) is 17.2. The van der Waals surface area contributed by atoms with Crippen molar-refractivity contribution in [3.05, 3.63) is 76.6 Å². The lowest BCUT2D eigenvalue weighted by molar-refractivity contribution is -0.127. The van der Waals surface area contributed by atoms with Crippen LogP contribution in [0.2, 0.25) is 0 Å². The molecule has 2 aromatic carbocycles. The monoisotopic (exact) mass is 393 g/mol. The molecular formula is C23H27N3OS. The molecule has 0 saturated carbocycles. The molecule has 5 heteroatoms. The molecule has 0 N–H and O–H groups in total. The predicted molar refractivity (Wildman–Crippen MR) is 116 cm³/mol. The summed E-state index contributed by atoms with van der Waals surface area (Å²) in [4.78, 5) is 15.5.